The largest absolute Gasteiger partial charge is 0.356 e. The van der Waals surface area contributed by atoms with Gasteiger partial charge in [-0.05, 0) is 51.1 Å². The number of aliphatic imine (C=N–C) groups is 1. The average Bonchev–Trinajstić information content (AvgIpc) is 2.42. The van der Waals surface area contributed by atoms with Crippen LogP contribution in [0.2, 0.25) is 0 Å². The molecule has 0 aromatic carbocycles. The molecule has 0 bridgehead atoms. The van der Waals surface area contributed by atoms with Crippen LogP contribution in [0.3, 0.4) is 0 Å². The highest BCUT2D eigenvalue weighted by atomic mass is 15.2. The standard InChI is InChI=1S/C15H32N4/c1-4-9-17-15(16-3)18-10-5-6-11-19-12-7-8-14(2)13-19/h14H,4-13H2,1-3H3,(H2,16,17,18). The Morgan fingerprint density at radius 1 is 1.26 bits per heavy atom. The van der Waals surface area contributed by atoms with E-state index in [0.29, 0.717) is 0 Å². The second-order valence-electron chi connectivity index (χ2n) is 5.68. The van der Waals surface area contributed by atoms with Crippen LogP contribution in [0.5, 0.6) is 0 Å². The number of nitrogens with zero attached hydrogens (tertiary/aromatic N) is 2. The van der Waals surface area contributed by atoms with Crippen molar-refractivity contribution in [2.45, 2.75) is 46.0 Å². The van der Waals surface area contributed by atoms with Crippen molar-refractivity contribution in [2.24, 2.45) is 10.9 Å². The van der Waals surface area contributed by atoms with E-state index in [1.807, 2.05) is 7.05 Å². The van der Waals surface area contributed by atoms with Gasteiger partial charge in [-0.1, -0.05) is 13.8 Å². The maximum atomic E-state index is 4.21. The van der Waals surface area contributed by atoms with Crippen molar-refractivity contribution in [2.75, 3.05) is 39.8 Å². The number of rotatable bonds is 7. The van der Waals surface area contributed by atoms with E-state index in [-0.39, 0.29) is 0 Å². The molecular formula is C15H32N4. The first kappa shape index (κ1) is 16.3. The van der Waals surface area contributed by atoms with Crippen LogP contribution in [0.25, 0.3) is 0 Å². The van der Waals surface area contributed by atoms with Gasteiger partial charge in [-0.2, -0.15) is 0 Å². The van der Waals surface area contributed by atoms with Gasteiger partial charge in [-0.3, -0.25) is 4.99 Å². The summed E-state index contributed by atoms with van der Waals surface area (Å²) in [6.45, 7) is 10.4. The number of unbranched alkanes of at least 4 members (excludes halogenated alkanes) is 1. The molecule has 0 radical (unpaired) electrons. The molecule has 4 heteroatoms. The van der Waals surface area contributed by atoms with E-state index in [4.69, 9.17) is 0 Å². The van der Waals surface area contributed by atoms with Gasteiger partial charge < -0.3 is 15.5 Å². The number of hydrogen-bond acceptors (Lipinski definition) is 2. The number of likely N-dealkylation sites (tertiary alicyclic amines) is 1. The fraction of sp³-hybridized carbons (Fsp3) is 0.933. The fourth-order valence-corrected chi connectivity index (χ4v) is 2.62. The third-order valence-corrected chi connectivity index (χ3v) is 3.70. The first-order chi connectivity index (χ1) is 9.26. The van der Waals surface area contributed by atoms with Crippen LogP contribution >= 0.6 is 0 Å². The number of piperidine rings is 1. The lowest BCUT2D eigenvalue weighted by molar-refractivity contribution is 0.181. The van der Waals surface area contributed by atoms with Gasteiger partial charge in [0.2, 0.25) is 0 Å². The SMILES string of the molecule is CCCNC(=NC)NCCCCN1CCCC(C)C1. The molecule has 1 heterocycles. The summed E-state index contributed by atoms with van der Waals surface area (Å²) in [5, 5.41) is 6.66. The minimum Gasteiger partial charge on any atom is -0.356 e. The molecule has 1 rings (SSSR count). The quantitative estimate of drug-likeness (QED) is 0.422. The fourth-order valence-electron chi connectivity index (χ4n) is 2.62. The lowest BCUT2D eigenvalue weighted by atomic mass is 10.0. The molecule has 2 N–H and O–H groups in total. The van der Waals surface area contributed by atoms with Crippen LogP contribution in [0.4, 0.5) is 0 Å². The summed E-state index contributed by atoms with van der Waals surface area (Å²) < 4.78 is 0. The summed E-state index contributed by atoms with van der Waals surface area (Å²) in [6, 6.07) is 0. The van der Waals surface area contributed by atoms with Crippen molar-refractivity contribution < 1.29 is 0 Å². The molecule has 1 aliphatic rings. The molecule has 1 saturated heterocycles. The minimum absolute atomic E-state index is 0.893. The zero-order valence-corrected chi connectivity index (χ0v) is 13.0. The maximum absolute atomic E-state index is 4.21. The lowest BCUT2D eigenvalue weighted by Gasteiger charge is -2.30. The van der Waals surface area contributed by atoms with Gasteiger partial charge in [0, 0.05) is 26.7 Å². The Bertz CT molecular complexity index is 253. The van der Waals surface area contributed by atoms with Gasteiger partial charge in [-0.25, -0.2) is 0 Å². The topological polar surface area (TPSA) is 39.7 Å². The van der Waals surface area contributed by atoms with Crippen molar-refractivity contribution in [1.82, 2.24) is 15.5 Å². The zero-order chi connectivity index (χ0) is 13.9. The molecule has 1 fully saturated rings. The van der Waals surface area contributed by atoms with E-state index in [1.54, 1.807) is 0 Å². The van der Waals surface area contributed by atoms with Gasteiger partial charge >= 0.3 is 0 Å². The zero-order valence-electron chi connectivity index (χ0n) is 13.0. The van der Waals surface area contributed by atoms with Gasteiger partial charge in [0.05, 0.1) is 0 Å². The number of nitrogens with one attached hydrogen (secondary N) is 2. The third kappa shape index (κ3) is 7.41. The average molecular weight is 268 g/mol. The molecular weight excluding hydrogens is 236 g/mol. The molecule has 19 heavy (non-hydrogen) atoms. The van der Waals surface area contributed by atoms with Crippen LogP contribution in [-0.4, -0.2) is 50.6 Å². The molecule has 0 amide bonds. The molecule has 0 aromatic rings. The second kappa shape index (κ2) is 10.1. The monoisotopic (exact) mass is 268 g/mol. The Morgan fingerprint density at radius 2 is 2.05 bits per heavy atom. The van der Waals surface area contributed by atoms with Gasteiger partial charge in [0.25, 0.3) is 0 Å². The van der Waals surface area contributed by atoms with Crippen molar-refractivity contribution >= 4 is 5.96 Å². The number of guanidine groups is 1. The van der Waals surface area contributed by atoms with Crippen LogP contribution in [0.1, 0.15) is 46.0 Å². The summed E-state index contributed by atoms with van der Waals surface area (Å²) in [4.78, 5) is 6.83. The molecule has 4 nitrogen and oxygen atoms in total. The first-order valence-electron chi connectivity index (χ1n) is 7.93. The second-order valence-corrected chi connectivity index (χ2v) is 5.68. The Balaban J connectivity index is 2.01. The van der Waals surface area contributed by atoms with Gasteiger partial charge in [0.1, 0.15) is 0 Å². The summed E-state index contributed by atoms with van der Waals surface area (Å²) in [6.07, 6.45) is 6.43. The predicted octanol–water partition coefficient (Wildman–Crippen LogP) is 2.07. The van der Waals surface area contributed by atoms with Crippen LogP contribution in [-0.2, 0) is 0 Å². The Labute approximate surface area is 119 Å². The molecule has 0 aliphatic carbocycles. The van der Waals surface area contributed by atoms with E-state index in [9.17, 15) is 0 Å². The van der Waals surface area contributed by atoms with Crippen molar-refractivity contribution in [3.63, 3.8) is 0 Å². The summed E-state index contributed by atoms with van der Waals surface area (Å²) in [5.74, 6) is 1.83. The van der Waals surface area contributed by atoms with Crippen molar-refractivity contribution in [3.05, 3.63) is 0 Å². The maximum Gasteiger partial charge on any atom is 0.190 e. The summed E-state index contributed by atoms with van der Waals surface area (Å²) in [7, 11) is 1.83. The highest BCUT2D eigenvalue weighted by Crippen LogP contribution is 2.15. The molecule has 112 valence electrons. The van der Waals surface area contributed by atoms with E-state index in [1.165, 1.54) is 45.3 Å². The number of hydrogen-bond donors (Lipinski definition) is 2. The Hall–Kier alpha value is -0.770. The smallest absolute Gasteiger partial charge is 0.190 e. The van der Waals surface area contributed by atoms with E-state index >= 15 is 0 Å². The van der Waals surface area contributed by atoms with Crippen LogP contribution in [0, 0.1) is 5.92 Å². The van der Waals surface area contributed by atoms with Crippen LogP contribution in [0.15, 0.2) is 4.99 Å². The molecule has 0 spiro atoms. The molecule has 0 saturated carbocycles. The summed E-state index contributed by atoms with van der Waals surface area (Å²) in [5.41, 5.74) is 0. The van der Waals surface area contributed by atoms with Crippen molar-refractivity contribution in [1.29, 1.82) is 0 Å². The molecule has 1 unspecified atom stereocenters. The van der Waals surface area contributed by atoms with E-state index in [2.05, 4.69) is 34.4 Å². The summed E-state index contributed by atoms with van der Waals surface area (Å²) >= 11 is 0. The highest BCUT2D eigenvalue weighted by Gasteiger charge is 2.15. The normalized spacial score (nSPS) is 21.4. The molecule has 0 aromatic heterocycles. The predicted molar refractivity (Wildman–Crippen MR) is 83.7 cm³/mol. The highest BCUT2D eigenvalue weighted by molar-refractivity contribution is 5.79. The van der Waals surface area contributed by atoms with E-state index < -0.39 is 0 Å². The van der Waals surface area contributed by atoms with Crippen molar-refractivity contribution in [3.8, 4) is 0 Å². The van der Waals surface area contributed by atoms with Gasteiger partial charge in [0.15, 0.2) is 5.96 Å². The Kier molecular flexibility index (Phi) is 8.63. The molecule has 1 atom stereocenters. The third-order valence-electron chi connectivity index (χ3n) is 3.70. The Morgan fingerprint density at radius 3 is 2.74 bits per heavy atom. The minimum atomic E-state index is 0.893. The molecule has 1 aliphatic heterocycles. The first-order valence-corrected chi connectivity index (χ1v) is 7.93. The van der Waals surface area contributed by atoms with E-state index in [0.717, 1.165) is 31.4 Å². The van der Waals surface area contributed by atoms with Gasteiger partial charge in [-0.15, -0.1) is 0 Å². The van der Waals surface area contributed by atoms with Crippen LogP contribution < -0.4 is 10.6 Å². The lowest BCUT2D eigenvalue weighted by Crippen LogP contribution is -2.38.